The van der Waals surface area contributed by atoms with Crippen LogP contribution in [0.4, 0.5) is 5.69 Å². The average molecular weight is 397 g/mol. The van der Waals surface area contributed by atoms with Crippen LogP contribution in [0.2, 0.25) is 0 Å². The van der Waals surface area contributed by atoms with Crippen LogP contribution in [0.3, 0.4) is 0 Å². The zero-order valence-electron chi connectivity index (χ0n) is 15.6. The van der Waals surface area contributed by atoms with Crippen LogP contribution in [-0.2, 0) is 0 Å². The molecule has 0 spiro atoms. The van der Waals surface area contributed by atoms with E-state index in [0.29, 0.717) is 29.3 Å². The number of amides is 2. The summed E-state index contributed by atoms with van der Waals surface area (Å²) in [7, 11) is 0. The van der Waals surface area contributed by atoms with E-state index >= 15 is 0 Å². The largest absolute Gasteiger partial charge is 0.393 e. The molecule has 2 amide bonds. The Hall–Kier alpha value is -2.31. The van der Waals surface area contributed by atoms with Gasteiger partial charge in [-0.15, -0.1) is 0 Å². The molecule has 1 aliphatic carbocycles. The molecule has 4 rings (SSSR count). The number of hydrogen-bond donors (Lipinski definition) is 3. The van der Waals surface area contributed by atoms with E-state index < -0.39 is 0 Å². The Morgan fingerprint density at radius 3 is 2.71 bits per heavy atom. The molecule has 5 nitrogen and oxygen atoms in total. The lowest BCUT2D eigenvalue weighted by atomic mass is 9.85. The second-order valence-electron chi connectivity index (χ2n) is 7.48. The van der Waals surface area contributed by atoms with E-state index in [2.05, 4.69) is 10.6 Å². The monoisotopic (exact) mass is 396 g/mol. The van der Waals surface area contributed by atoms with Crippen LogP contribution < -0.4 is 10.6 Å². The molecule has 0 saturated heterocycles. The summed E-state index contributed by atoms with van der Waals surface area (Å²) in [5.41, 5.74) is 1.86. The van der Waals surface area contributed by atoms with Gasteiger partial charge in [0.05, 0.1) is 17.4 Å². The van der Waals surface area contributed by atoms with Gasteiger partial charge in [0.25, 0.3) is 11.8 Å². The number of carbonyl (C=O) groups excluding carboxylic acids is 2. The third kappa shape index (κ3) is 4.23. The van der Waals surface area contributed by atoms with Gasteiger partial charge in [0.2, 0.25) is 0 Å². The van der Waals surface area contributed by atoms with Gasteiger partial charge in [-0.1, -0.05) is 23.9 Å². The fraction of sp³-hybridized carbons (Fsp3) is 0.364. The Labute approximate surface area is 168 Å². The topological polar surface area (TPSA) is 78.4 Å². The lowest BCUT2D eigenvalue weighted by molar-refractivity contribution is 0.0931. The second kappa shape index (κ2) is 8.37. The first-order valence-corrected chi connectivity index (χ1v) is 10.6. The van der Waals surface area contributed by atoms with Crippen molar-refractivity contribution in [1.29, 1.82) is 0 Å². The molecule has 2 aliphatic rings. The highest BCUT2D eigenvalue weighted by Crippen LogP contribution is 2.39. The molecule has 0 bridgehead atoms. The SMILES string of the molecule is O=C(NCCC1CCC(O)CC1)c1ccc2c(c1)NC(=O)c1ccccc1S2. The van der Waals surface area contributed by atoms with Crippen LogP contribution in [0.1, 0.15) is 52.8 Å². The minimum atomic E-state index is -0.154. The normalized spacial score (nSPS) is 21.1. The van der Waals surface area contributed by atoms with Crippen molar-refractivity contribution in [3.63, 3.8) is 0 Å². The van der Waals surface area contributed by atoms with Crippen LogP contribution >= 0.6 is 11.8 Å². The zero-order valence-corrected chi connectivity index (χ0v) is 16.4. The molecule has 6 heteroatoms. The summed E-state index contributed by atoms with van der Waals surface area (Å²) in [6.07, 6.45) is 4.57. The summed E-state index contributed by atoms with van der Waals surface area (Å²) in [6, 6.07) is 12.9. The number of anilines is 1. The Morgan fingerprint density at radius 2 is 1.89 bits per heavy atom. The van der Waals surface area contributed by atoms with E-state index in [0.717, 1.165) is 41.9 Å². The number of carbonyl (C=O) groups is 2. The van der Waals surface area contributed by atoms with Crippen molar-refractivity contribution in [2.75, 3.05) is 11.9 Å². The molecule has 146 valence electrons. The summed E-state index contributed by atoms with van der Waals surface area (Å²) in [4.78, 5) is 26.9. The number of aliphatic hydroxyl groups excluding tert-OH is 1. The van der Waals surface area contributed by atoms with E-state index in [1.807, 2.05) is 24.3 Å². The Balaban J connectivity index is 1.39. The van der Waals surface area contributed by atoms with Crippen molar-refractivity contribution in [2.24, 2.45) is 5.92 Å². The maximum absolute atomic E-state index is 12.5. The molecule has 0 unspecified atom stereocenters. The molecule has 1 saturated carbocycles. The predicted octanol–water partition coefficient (Wildman–Crippen LogP) is 4.07. The van der Waals surface area contributed by atoms with E-state index in [1.165, 1.54) is 11.8 Å². The lowest BCUT2D eigenvalue weighted by Crippen LogP contribution is -2.27. The van der Waals surface area contributed by atoms with E-state index in [9.17, 15) is 14.7 Å². The molecule has 3 N–H and O–H groups in total. The third-order valence-corrected chi connectivity index (χ3v) is 6.65. The molecule has 28 heavy (non-hydrogen) atoms. The molecule has 0 radical (unpaired) electrons. The van der Waals surface area contributed by atoms with E-state index in [-0.39, 0.29) is 17.9 Å². The molecule has 1 aliphatic heterocycles. The van der Waals surface area contributed by atoms with Gasteiger partial charge in [0, 0.05) is 21.9 Å². The fourth-order valence-electron chi connectivity index (χ4n) is 3.83. The lowest BCUT2D eigenvalue weighted by Gasteiger charge is -2.25. The molecule has 2 aromatic rings. The smallest absolute Gasteiger partial charge is 0.256 e. The average Bonchev–Trinajstić information content (AvgIpc) is 2.84. The molecule has 2 aromatic carbocycles. The van der Waals surface area contributed by atoms with Crippen LogP contribution in [0, 0.1) is 5.92 Å². The Kier molecular flexibility index (Phi) is 5.69. The number of fused-ring (bicyclic) bond motifs is 2. The van der Waals surface area contributed by atoms with Gasteiger partial charge >= 0.3 is 0 Å². The molecule has 1 heterocycles. The van der Waals surface area contributed by atoms with Crippen molar-refractivity contribution in [3.05, 3.63) is 53.6 Å². The van der Waals surface area contributed by atoms with Gasteiger partial charge < -0.3 is 15.7 Å². The van der Waals surface area contributed by atoms with Crippen LogP contribution in [0.15, 0.2) is 52.3 Å². The number of aliphatic hydroxyl groups is 1. The van der Waals surface area contributed by atoms with Crippen LogP contribution in [0.5, 0.6) is 0 Å². The predicted molar refractivity (Wildman–Crippen MR) is 110 cm³/mol. The molecule has 0 atom stereocenters. The summed E-state index contributed by atoms with van der Waals surface area (Å²) in [6.45, 7) is 0.628. The standard InChI is InChI=1S/C22H24N2O3S/c25-16-8-5-14(6-9-16)11-12-23-21(26)15-7-10-20-18(13-15)24-22(27)17-3-1-2-4-19(17)28-20/h1-4,7,10,13-14,16,25H,5-6,8-9,11-12H2,(H,23,26)(H,24,27). The van der Waals surface area contributed by atoms with E-state index in [1.54, 1.807) is 18.2 Å². The molecule has 1 fully saturated rings. The minimum absolute atomic E-state index is 0.125. The fourth-order valence-corrected chi connectivity index (χ4v) is 4.84. The molecular formula is C22H24N2O3S. The van der Waals surface area contributed by atoms with Crippen LogP contribution in [0.25, 0.3) is 0 Å². The summed E-state index contributed by atoms with van der Waals surface area (Å²) < 4.78 is 0. The number of nitrogens with one attached hydrogen (secondary N) is 2. The van der Waals surface area contributed by atoms with Crippen LogP contribution in [-0.4, -0.2) is 29.6 Å². The van der Waals surface area contributed by atoms with Crippen molar-refractivity contribution in [3.8, 4) is 0 Å². The summed E-state index contributed by atoms with van der Waals surface area (Å²) in [5.74, 6) is 0.295. The summed E-state index contributed by atoms with van der Waals surface area (Å²) >= 11 is 1.53. The first kappa shape index (κ1) is 19.0. The highest BCUT2D eigenvalue weighted by atomic mass is 32.2. The van der Waals surface area contributed by atoms with Gasteiger partial charge in [-0.25, -0.2) is 0 Å². The van der Waals surface area contributed by atoms with E-state index in [4.69, 9.17) is 0 Å². The van der Waals surface area contributed by atoms with Gasteiger partial charge in [-0.3, -0.25) is 9.59 Å². The quantitative estimate of drug-likeness (QED) is 0.728. The van der Waals surface area contributed by atoms with Crippen molar-refractivity contribution < 1.29 is 14.7 Å². The van der Waals surface area contributed by atoms with Crippen molar-refractivity contribution in [1.82, 2.24) is 5.32 Å². The van der Waals surface area contributed by atoms with Gasteiger partial charge in [-0.05, 0) is 68.4 Å². The maximum atomic E-state index is 12.5. The van der Waals surface area contributed by atoms with Gasteiger partial charge in [0.1, 0.15) is 0 Å². The Morgan fingerprint density at radius 1 is 1.11 bits per heavy atom. The zero-order chi connectivity index (χ0) is 19.5. The summed E-state index contributed by atoms with van der Waals surface area (Å²) in [5, 5.41) is 15.5. The Bertz CT molecular complexity index is 891. The molecular weight excluding hydrogens is 372 g/mol. The minimum Gasteiger partial charge on any atom is -0.393 e. The number of benzene rings is 2. The maximum Gasteiger partial charge on any atom is 0.256 e. The molecule has 0 aromatic heterocycles. The van der Waals surface area contributed by atoms with Crippen molar-refractivity contribution >= 4 is 29.3 Å². The third-order valence-electron chi connectivity index (χ3n) is 5.50. The number of rotatable bonds is 4. The van der Waals surface area contributed by atoms with Gasteiger partial charge in [-0.2, -0.15) is 0 Å². The highest BCUT2D eigenvalue weighted by molar-refractivity contribution is 7.99. The first-order valence-electron chi connectivity index (χ1n) is 9.78. The highest BCUT2D eigenvalue weighted by Gasteiger charge is 2.21. The number of hydrogen-bond acceptors (Lipinski definition) is 4. The van der Waals surface area contributed by atoms with Gasteiger partial charge in [0.15, 0.2) is 0 Å². The first-order chi connectivity index (χ1) is 13.6. The second-order valence-corrected chi connectivity index (χ2v) is 8.57. The van der Waals surface area contributed by atoms with Crippen molar-refractivity contribution in [2.45, 2.75) is 48.0 Å².